The van der Waals surface area contributed by atoms with E-state index in [0.717, 1.165) is 0 Å². The fraction of sp³-hybridized carbons (Fsp3) is 0.358. The fourth-order valence-electron chi connectivity index (χ4n) is 6.66. The molecule has 0 saturated carbocycles. The van der Waals surface area contributed by atoms with Crippen molar-refractivity contribution in [2.45, 2.75) is 125 Å². The number of nitrogens with zero attached hydrogens (tertiary/aromatic N) is 4. The minimum absolute atomic E-state index is 0.431. The molecule has 5 aromatic rings. The Morgan fingerprint density at radius 1 is 0.343 bits per heavy atom. The van der Waals surface area contributed by atoms with Gasteiger partial charge in [0.2, 0.25) is 0 Å². The van der Waals surface area contributed by atoms with E-state index in [0.29, 0.717) is 51.2 Å². The molecule has 13 nitrogen and oxygen atoms in total. The van der Waals surface area contributed by atoms with Gasteiger partial charge in [0.1, 0.15) is 22.4 Å². The lowest BCUT2D eigenvalue weighted by molar-refractivity contribution is 0.0586. The summed E-state index contributed by atoms with van der Waals surface area (Å²) in [6, 6.07) is 35.4. The highest BCUT2D eigenvalue weighted by Crippen LogP contribution is 2.37. The number of benzene rings is 5. The van der Waals surface area contributed by atoms with Crippen molar-refractivity contribution >= 4 is 88.8 Å². The Hall–Kier alpha value is -6.80. The van der Waals surface area contributed by atoms with Gasteiger partial charge in [-0.2, -0.15) is 0 Å². The molecule has 5 rings (SSSR count). The predicted molar refractivity (Wildman–Crippen MR) is 273 cm³/mol. The van der Waals surface area contributed by atoms with Gasteiger partial charge in [-0.05, 0) is 192 Å². The van der Waals surface area contributed by atoms with Crippen LogP contribution in [0.1, 0.15) is 83.1 Å². The van der Waals surface area contributed by atoms with E-state index in [2.05, 4.69) is 31.8 Å². The van der Waals surface area contributed by atoms with E-state index in [4.69, 9.17) is 24.7 Å². The number of hydrogen-bond acceptors (Lipinski definition) is 9. The van der Waals surface area contributed by atoms with E-state index < -0.39 is 54.9 Å². The van der Waals surface area contributed by atoms with Crippen molar-refractivity contribution in [2.24, 2.45) is 0 Å². The van der Waals surface area contributed by atoms with E-state index in [1.807, 2.05) is 32.9 Å². The maximum absolute atomic E-state index is 14.1. The van der Waals surface area contributed by atoms with Crippen molar-refractivity contribution in [2.75, 3.05) is 25.3 Å². The Labute approximate surface area is 397 Å². The van der Waals surface area contributed by atoms with Crippen LogP contribution in [0.25, 0.3) is 0 Å². The van der Waals surface area contributed by atoms with Crippen LogP contribution in [0.15, 0.2) is 121 Å². The first-order chi connectivity index (χ1) is 30.9. The second-order valence-corrected chi connectivity index (χ2v) is 26.3. The Balaban J connectivity index is 1.55. The first-order valence-electron chi connectivity index (χ1n) is 22.3. The summed E-state index contributed by atoms with van der Waals surface area (Å²) < 4.78 is 23.5. The van der Waals surface area contributed by atoms with Crippen LogP contribution < -0.4 is 30.5 Å². The van der Waals surface area contributed by atoms with Gasteiger partial charge in [-0.15, -0.1) is 0 Å². The van der Waals surface area contributed by atoms with Crippen LogP contribution in [0.5, 0.6) is 0 Å². The van der Waals surface area contributed by atoms with Crippen molar-refractivity contribution in [3.05, 3.63) is 121 Å². The minimum atomic E-state index is -1.61. The number of hydrogen-bond donors (Lipinski definition) is 1. The van der Waals surface area contributed by atoms with Crippen LogP contribution in [0.2, 0.25) is 19.6 Å². The lowest BCUT2D eigenvalue weighted by atomic mass is 10.1. The number of amides is 4. The Morgan fingerprint density at radius 2 is 0.507 bits per heavy atom. The minimum Gasteiger partial charge on any atom is -0.443 e. The van der Waals surface area contributed by atoms with Crippen molar-refractivity contribution in [3.63, 3.8) is 0 Å². The third kappa shape index (κ3) is 14.1. The summed E-state index contributed by atoms with van der Waals surface area (Å²) in [5, 5.41) is 1.25. The van der Waals surface area contributed by atoms with Crippen LogP contribution in [-0.4, -0.2) is 54.9 Å². The van der Waals surface area contributed by atoms with Crippen molar-refractivity contribution in [1.29, 1.82) is 0 Å². The molecule has 0 fully saturated rings. The molecule has 5 aromatic carbocycles. The molecule has 2 N–H and O–H groups in total. The quantitative estimate of drug-likeness (QED) is 0.0867. The number of carbonyl (C=O) groups is 4. The van der Waals surface area contributed by atoms with Gasteiger partial charge in [0.05, 0.1) is 53.6 Å². The summed E-state index contributed by atoms with van der Waals surface area (Å²) in [6.45, 7) is 28.3. The normalized spacial score (nSPS) is 12.1. The molecule has 0 aliphatic rings. The van der Waals surface area contributed by atoms with Crippen molar-refractivity contribution in [3.8, 4) is 0 Å². The first kappa shape index (κ1) is 51.2. The number of anilines is 9. The number of carbonyl (C=O) groups excluding carboxylic acids is 4. The predicted octanol–water partition coefficient (Wildman–Crippen LogP) is 14.1. The molecule has 4 amide bonds. The largest absolute Gasteiger partial charge is 0.443 e. The molecule has 0 aliphatic carbocycles. The van der Waals surface area contributed by atoms with Gasteiger partial charge in [-0.25, -0.2) is 38.8 Å². The van der Waals surface area contributed by atoms with E-state index in [1.165, 1.54) is 24.8 Å². The molecule has 0 saturated heterocycles. The van der Waals surface area contributed by atoms with Gasteiger partial charge in [0.15, 0.2) is 0 Å². The van der Waals surface area contributed by atoms with Crippen LogP contribution in [0.4, 0.5) is 70.4 Å². The van der Waals surface area contributed by atoms with Gasteiger partial charge >= 0.3 is 24.4 Å². The first-order valence-corrected chi connectivity index (χ1v) is 25.8. The monoisotopic (exact) mass is 929 g/mol. The lowest BCUT2D eigenvalue weighted by Crippen LogP contribution is -2.38. The number of nitrogen functional groups attached to an aromatic ring is 1. The molecule has 0 bridgehead atoms. The zero-order chi connectivity index (χ0) is 49.9. The van der Waals surface area contributed by atoms with Crippen molar-refractivity contribution in [1.82, 2.24) is 0 Å². The van der Waals surface area contributed by atoms with Gasteiger partial charge < -0.3 is 24.7 Å². The smallest absolute Gasteiger partial charge is 0.419 e. The topological polar surface area (TPSA) is 144 Å². The summed E-state index contributed by atoms with van der Waals surface area (Å²) >= 11 is 0. The average Bonchev–Trinajstić information content (AvgIpc) is 3.18. The Kier molecular flexibility index (Phi) is 15.0. The molecular weight excluding hydrogens is 863 g/mol. The molecule has 356 valence electrons. The van der Waals surface area contributed by atoms with Gasteiger partial charge in [-0.3, -0.25) is 0 Å². The summed E-state index contributed by atoms with van der Waals surface area (Å²) in [4.78, 5) is 61.4. The average molecular weight is 930 g/mol. The zero-order valence-electron chi connectivity index (χ0n) is 41.7. The molecule has 67 heavy (non-hydrogen) atoms. The summed E-state index contributed by atoms with van der Waals surface area (Å²) in [7, 11) is -1.61. The molecule has 0 unspecified atom stereocenters. The zero-order valence-corrected chi connectivity index (χ0v) is 42.7. The third-order valence-electron chi connectivity index (χ3n) is 9.55. The second-order valence-electron chi connectivity index (χ2n) is 21.2. The van der Waals surface area contributed by atoms with E-state index in [-0.39, 0.29) is 0 Å². The maximum atomic E-state index is 14.1. The third-order valence-corrected chi connectivity index (χ3v) is 11.6. The molecule has 0 aliphatic heterocycles. The summed E-state index contributed by atoms with van der Waals surface area (Å²) in [5.74, 6) is 0. The summed E-state index contributed by atoms with van der Waals surface area (Å²) in [5.41, 5.74) is 7.25. The lowest BCUT2D eigenvalue weighted by Gasteiger charge is -2.30. The molecule has 0 spiro atoms. The van der Waals surface area contributed by atoms with E-state index in [9.17, 15) is 19.2 Å². The standard InChI is InChI=1S/C53H67N5O8Si/c1-50(2,3)63-46(59)55(37-18-16-36(54)17-19-37)38-20-22-39(23-21-38)56(47(60)64-51(4,5)6)40-24-26-41(27-25-40)57(48(61)65-52(7,8)9)42-28-30-43(31-29-42)58(49(62)66-53(10,11)12)44-32-34-45(35-33-44)67(13,14)15/h16-35H,54H2,1-15H3. The maximum Gasteiger partial charge on any atom is 0.419 e. The molecule has 14 heteroatoms. The van der Waals surface area contributed by atoms with Crippen LogP contribution in [0, 0.1) is 0 Å². The second kappa shape index (κ2) is 19.6. The van der Waals surface area contributed by atoms with E-state index in [1.54, 1.807) is 159 Å². The molecule has 0 aromatic heterocycles. The van der Waals surface area contributed by atoms with Crippen LogP contribution >= 0.6 is 0 Å². The van der Waals surface area contributed by atoms with Crippen LogP contribution in [0.3, 0.4) is 0 Å². The molecule has 0 radical (unpaired) electrons. The highest BCUT2D eigenvalue weighted by molar-refractivity contribution is 6.88. The van der Waals surface area contributed by atoms with Gasteiger partial charge in [0.25, 0.3) is 0 Å². The molecule has 0 atom stereocenters. The van der Waals surface area contributed by atoms with Gasteiger partial charge in [-0.1, -0.05) is 37.0 Å². The van der Waals surface area contributed by atoms with Gasteiger partial charge in [0, 0.05) is 5.69 Å². The van der Waals surface area contributed by atoms with Crippen LogP contribution in [-0.2, 0) is 18.9 Å². The van der Waals surface area contributed by atoms with Crippen molar-refractivity contribution < 1.29 is 38.1 Å². The Bertz CT molecular complexity index is 2510. The van der Waals surface area contributed by atoms with E-state index >= 15 is 0 Å². The Morgan fingerprint density at radius 3 is 0.672 bits per heavy atom. The molecular formula is C53H67N5O8Si. The summed E-state index contributed by atoms with van der Waals surface area (Å²) in [6.07, 6.45) is -2.44. The highest BCUT2D eigenvalue weighted by atomic mass is 28.3. The number of nitrogens with two attached hydrogens (primary N) is 1. The molecule has 0 heterocycles. The number of ether oxygens (including phenoxy) is 4. The SMILES string of the molecule is CC(C)(C)OC(=O)N(c1ccc(N)cc1)c1ccc(N(C(=O)OC(C)(C)C)c2ccc(N(C(=O)OC(C)(C)C)c3ccc(N(C(=O)OC(C)(C)C)c4ccc([Si](C)(C)C)cc4)cc3)cc2)cc1. The number of rotatable bonds is 9. The fourth-order valence-corrected chi connectivity index (χ4v) is 7.82. The highest BCUT2D eigenvalue weighted by Gasteiger charge is 2.31.